The Morgan fingerprint density at radius 2 is 0.897 bits per heavy atom. The van der Waals surface area contributed by atoms with Gasteiger partial charge in [0.05, 0.1) is 0 Å². The Morgan fingerprint density at radius 3 is 1.21 bits per heavy atom. The smallest absolute Gasteiger partial charge is 0.222 e. The van der Waals surface area contributed by atoms with E-state index < -0.39 is 0 Å². The van der Waals surface area contributed by atoms with Gasteiger partial charge in [-0.15, -0.1) is 0 Å². The molecular weight excluding hydrogens is 358 g/mol. The highest BCUT2D eigenvalue weighted by Gasteiger charge is 2.18. The van der Waals surface area contributed by atoms with Gasteiger partial charge in [-0.25, -0.2) is 0 Å². The number of likely N-dealkylation sites (tertiary alicyclic amines) is 1. The van der Waals surface area contributed by atoms with Gasteiger partial charge in [0.1, 0.15) is 0 Å². The summed E-state index contributed by atoms with van der Waals surface area (Å²) in [5.41, 5.74) is 0. The topological polar surface area (TPSA) is 40.5 Å². The molecule has 1 saturated heterocycles. The summed E-state index contributed by atoms with van der Waals surface area (Å²) in [4.78, 5) is 13.6. The molecule has 0 unspecified atom stereocenters. The normalized spacial score (nSPS) is 14.2. The van der Waals surface area contributed by atoms with Crippen LogP contribution in [0.1, 0.15) is 141 Å². The zero-order chi connectivity index (χ0) is 20.8. The molecule has 3 nitrogen and oxygen atoms in total. The van der Waals surface area contributed by atoms with Gasteiger partial charge in [0.15, 0.2) is 0 Å². The Morgan fingerprint density at radius 1 is 0.552 bits per heavy atom. The Hall–Kier alpha value is -0.570. The lowest BCUT2D eigenvalue weighted by Gasteiger charge is -2.14. The number of amides is 1. The number of rotatable bonds is 22. The molecule has 0 radical (unpaired) electrons. The van der Waals surface area contributed by atoms with Crippen LogP contribution < -0.4 is 0 Å². The third-order valence-electron chi connectivity index (χ3n) is 6.51. The number of hydrogen-bond acceptors (Lipinski definition) is 2. The van der Waals surface area contributed by atoms with Crippen molar-refractivity contribution in [3.05, 3.63) is 0 Å². The number of hydrogen-bond donors (Lipinski definition) is 1. The van der Waals surface area contributed by atoms with Gasteiger partial charge in [0.25, 0.3) is 0 Å². The van der Waals surface area contributed by atoms with Crippen molar-refractivity contribution in [2.45, 2.75) is 141 Å². The van der Waals surface area contributed by atoms with E-state index >= 15 is 0 Å². The standard InChI is InChI=1S/C26H51NO2/c28-25-20-18-16-14-12-10-8-6-4-2-1-3-5-7-9-11-13-15-17-19-23-27-24-21-22-26(27)29/h28H,1-25H2. The van der Waals surface area contributed by atoms with Crippen molar-refractivity contribution in [2.24, 2.45) is 0 Å². The summed E-state index contributed by atoms with van der Waals surface area (Å²) < 4.78 is 0. The SMILES string of the molecule is O=C1CCCN1CCCCCCCCCCCCCCCCCCCCCCO. The first-order valence-corrected chi connectivity index (χ1v) is 13.2. The molecular formula is C26H51NO2. The first-order chi connectivity index (χ1) is 14.3. The van der Waals surface area contributed by atoms with Crippen LogP contribution in [-0.4, -0.2) is 35.6 Å². The molecule has 1 heterocycles. The molecule has 0 bridgehead atoms. The maximum atomic E-state index is 11.5. The lowest BCUT2D eigenvalue weighted by molar-refractivity contribution is -0.127. The summed E-state index contributed by atoms with van der Waals surface area (Å²) in [7, 11) is 0. The van der Waals surface area contributed by atoms with Crippen LogP contribution >= 0.6 is 0 Å². The molecule has 29 heavy (non-hydrogen) atoms. The van der Waals surface area contributed by atoms with Crippen LogP contribution in [0.15, 0.2) is 0 Å². The van der Waals surface area contributed by atoms with Crippen LogP contribution in [0.3, 0.4) is 0 Å². The summed E-state index contributed by atoms with van der Waals surface area (Å²) in [5, 5.41) is 8.74. The second kappa shape index (κ2) is 20.7. The minimum absolute atomic E-state index is 0.365. The van der Waals surface area contributed by atoms with Crippen LogP contribution in [0.2, 0.25) is 0 Å². The molecule has 0 aliphatic carbocycles. The molecule has 1 rings (SSSR count). The minimum Gasteiger partial charge on any atom is -0.396 e. The fourth-order valence-electron chi connectivity index (χ4n) is 4.54. The number of carbonyl (C=O) groups excluding carboxylic acids is 1. The molecule has 1 aliphatic rings. The average Bonchev–Trinajstić information content (AvgIpc) is 3.14. The van der Waals surface area contributed by atoms with E-state index in [4.69, 9.17) is 5.11 Å². The predicted octanol–water partition coefficient (Wildman–Crippen LogP) is 7.40. The van der Waals surface area contributed by atoms with Crippen LogP contribution in [0.25, 0.3) is 0 Å². The summed E-state index contributed by atoms with van der Waals surface area (Å²) >= 11 is 0. The van der Waals surface area contributed by atoms with Gasteiger partial charge in [-0.3, -0.25) is 4.79 Å². The number of aliphatic hydroxyl groups excluding tert-OH is 1. The minimum atomic E-state index is 0.365. The van der Waals surface area contributed by atoms with Crippen molar-refractivity contribution < 1.29 is 9.90 Å². The van der Waals surface area contributed by atoms with E-state index in [9.17, 15) is 4.79 Å². The Balaban J connectivity index is 1.65. The van der Waals surface area contributed by atoms with Crippen molar-refractivity contribution in [3.8, 4) is 0 Å². The van der Waals surface area contributed by atoms with Crippen molar-refractivity contribution in [1.82, 2.24) is 4.90 Å². The van der Waals surface area contributed by atoms with Crippen LogP contribution in [-0.2, 0) is 4.79 Å². The van der Waals surface area contributed by atoms with Gasteiger partial charge in [-0.2, -0.15) is 0 Å². The van der Waals surface area contributed by atoms with Crippen molar-refractivity contribution in [3.63, 3.8) is 0 Å². The molecule has 0 aromatic rings. The quantitative estimate of drug-likeness (QED) is 0.189. The molecule has 3 heteroatoms. The van der Waals surface area contributed by atoms with Gasteiger partial charge in [0, 0.05) is 26.1 Å². The number of unbranched alkanes of at least 4 members (excludes halogenated alkanes) is 19. The van der Waals surface area contributed by atoms with E-state index in [-0.39, 0.29) is 0 Å². The first-order valence-electron chi connectivity index (χ1n) is 13.2. The second-order valence-corrected chi connectivity index (χ2v) is 9.28. The lowest BCUT2D eigenvalue weighted by Crippen LogP contribution is -2.25. The third-order valence-corrected chi connectivity index (χ3v) is 6.51. The van der Waals surface area contributed by atoms with Gasteiger partial charge in [0.2, 0.25) is 5.91 Å². The number of carbonyl (C=O) groups is 1. The van der Waals surface area contributed by atoms with E-state index in [1.54, 1.807) is 0 Å². The highest BCUT2D eigenvalue weighted by molar-refractivity contribution is 5.77. The lowest BCUT2D eigenvalue weighted by atomic mass is 10.0. The van der Waals surface area contributed by atoms with Gasteiger partial charge in [-0.1, -0.05) is 116 Å². The fraction of sp³-hybridized carbons (Fsp3) is 0.962. The zero-order valence-corrected chi connectivity index (χ0v) is 19.5. The molecule has 0 atom stereocenters. The Bertz CT molecular complexity index is 359. The van der Waals surface area contributed by atoms with E-state index in [1.807, 2.05) is 0 Å². The van der Waals surface area contributed by atoms with E-state index in [1.165, 1.54) is 122 Å². The van der Waals surface area contributed by atoms with Crippen molar-refractivity contribution in [1.29, 1.82) is 0 Å². The summed E-state index contributed by atoms with van der Waals surface area (Å²) in [6.45, 7) is 2.37. The zero-order valence-electron chi connectivity index (χ0n) is 19.5. The van der Waals surface area contributed by atoms with E-state index in [0.717, 1.165) is 32.4 Å². The van der Waals surface area contributed by atoms with Crippen molar-refractivity contribution >= 4 is 5.91 Å². The third kappa shape index (κ3) is 16.9. The van der Waals surface area contributed by atoms with Crippen LogP contribution in [0, 0.1) is 0 Å². The van der Waals surface area contributed by atoms with Gasteiger partial charge >= 0.3 is 0 Å². The van der Waals surface area contributed by atoms with E-state index in [0.29, 0.717) is 12.5 Å². The molecule has 172 valence electrons. The number of nitrogens with zero attached hydrogens (tertiary/aromatic N) is 1. The van der Waals surface area contributed by atoms with Gasteiger partial charge in [-0.05, 0) is 19.3 Å². The molecule has 1 amide bonds. The molecule has 1 aliphatic heterocycles. The van der Waals surface area contributed by atoms with Crippen LogP contribution in [0.4, 0.5) is 0 Å². The molecule has 1 N–H and O–H groups in total. The first kappa shape index (κ1) is 26.5. The molecule has 0 spiro atoms. The maximum absolute atomic E-state index is 11.5. The Labute approximate surface area is 182 Å². The fourth-order valence-corrected chi connectivity index (χ4v) is 4.54. The monoisotopic (exact) mass is 409 g/mol. The average molecular weight is 410 g/mol. The number of aliphatic hydroxyl groups is 1. The van der Waals surface area contributed by atoms with E-state index in [2.05, 4.69) is 4.90 Å². The maximum Gasteiger partial charge on any atom is 0.222 e. The van der Waals surface area contributed by atoms with Crippen LogP contribution in [0.5, 0.6) is 0 Å². The largest absolute Gasteiger partial charge is 0.396 e. The summed E-state index contributed by atoms with van der Waals surface area (Å²) in [6.07, 6.45) is 29.1. The molecule has 0 saturated carbocycles. The van der Waals surface area contributed by atoms with Gasteiger partial charge < -0.3 is 10.0 Å². The molecule has 0 aromatic carbocycles. The van der Waals surface area contributed by atoms with Crippen molar-refractivity contribution in [2.75, 3.05) is 19.7 Å². The summed E-state index contributed by atoms with van der Waals surface area (Å²) in [5.74, 6) is 0.381. The molecule has 1 fully saturated rings. The Kier molecular flexibility index (Phi) is 18.9. The predicted molar refractivity (Wildman–Crippen MR) is 125 cm³/mol. The molecule has 0 aromatic heterocycles. The highest BCUT2D eigenvalue weighted by atomic mass is 16.2. The highest BCUT2D eigenvalue weighted by Crippen LogP contribution is 2.15. The second-order valence-electron chi connectivity index (χ2n) is 9.28. The summed E-state index contributed by atoms with van der Waals surface area (Å²) in [6, 6.07) is 0.